The standard InChI is InChI=1S/C22H24N2O2S2/c1-3-5-11-23-19(15-9-7-13-27-15)17-18(21(23)25)20(16-10-8-14-28-16)24(22(17)26)12-6-4-2/h7-10,13-14H,3-6,11-12H2,1-2H3. The van der Waals surface area contributed by atoms with Crippen molar-refractivity contribution in [2.24, 2.45) is 0 Å². The van der Waals surface area contributed by atoms with E-state index in [2.05, 4.69) is 13.8 Å². The molecule has 0 fully saturated rings. The summed E-state index contributed by atoms with van der Waals surface area (Å²) in [6, 6.07) is 7.97. The lowest BCUT2D eigenvalue weighted by molar-refractivity contribution is -0.124. The molecule has 0 atom stereocenters. The molecule has 0 N–H and O–H groups in total. The molecule has 2 aliphatic heterocycles. The highest BCUT2D eigenvalue weighted by Crippen LogP contribution is 2.48. The van der Waals surface area contributed by atoms with Crippen LogP contribution in [-0.4, -0.2) is 34.7 Å². The summed E-state index contributed by atoms with van der Waals surface area (Å²) in [5, 5.41) is 4.00. The van der Waals surface area contributed by atoms with Crippen molar-refractivity contribution < 1.29 is 9.59 Å². The fraction of sp³-hybridized carbons (Fsp3) is 0.364. The summed E-state index contributed by atoms with van der Waals surface area (Å²) in [4.78, 5) is 32.7. The van der Waals surface area contributed by atoms with Crippen LogP contribution in [0.1, 0.15) is 49.3 Å². The van der Waals surface area contributed by atoms with Crippen molar-refractivity contribution in [2.75, 3.05) is 13.1 Å². The normalized spacial score (nSPS) is 16.8. The largest absolute Gasteiger partial charge is 0.306 e. The summed E-state index contributed by atoms with van der Waals surface area (Å²) in [5.74, 6) is -0.0507. The number of carbonyl (C=O) groups excluding carboxylic acids is 2. The SMILES string of the molecule is CCCCN1C(=O)C2=C(c3cccs3)N(CCCC)C(=O)C2=C1c1cccs1. The van der Waals surface area contributed by atoms with Crippen LogP contribution >= 0.6 is 22.7 Å². The van der Waals surface area contributed by atoms with Gasteiger partial charge in [-0.15, -0.1) is 22.7 Å². The number of hydrogen-bond donors (Lipinski definition) is 0. The van der Waals surface area contributed by atoms with Gasteiger partial charge >= 0.3 is 0 Å². The van der Waals surface area contributed by atoms with Crippen molar-refractivity contribution in [3.8, 4) is 0 Å². The third kappa shape index (κ3) is 3.05. The van der Waals surface area contributed by atoms with Crippen LogP contribution in [0.25, 0.3) is 11.4 Å². The van der Waals surface area contributed by atoms with Crippen LogP contribution in [0.3, 0.4) is 0 Å². The number of rotatable bonds is 8. The molecule has 2 aromatic rings. The van der Waals surface area contributed by atoms with Gasteiger partial charge in [-0.05, 0) is 35.7 Å². The molecule has 2 amide bonds. The minimum absolute atomic E-state index is 0.0254. The molecule has 4 nitrogen and oxygen atoms in total. The lowest BCUT2D eigenvalue weighted by Crippen LogP contribution is -2.30. The molecule has 0 radical (unpaired) electrons. The van der Waals surface area contributed by atoms with Crippen LogP contribution in [0.5, 0.6) is 0 Å². The highest BCUT2D eigenvalue weighted by Gasteiger charge is 2.48. The summed E-state index contributed by atoms with van der Waals surface area (Å²) in [7, 11) is 0. The van der Waals surface area contributed by atoms with E-state index in [1.54, 1.807) is 22.7 Å². The third-order valence-electron chi connectivity index (χ3n) is 5.16. The van der Waals surface area contributed by atoms with Gasteiger partial charge in [0.2, 0.25) is 0 Å². The molecule has 0 spiro atoms. The maximum atomic E-state index is 13.5. The molecular weight excluding hydrogens is 388 g/mol. The van der Waals surface area contributed by atoms with E-state index in [9.17, 15) is 9.59 Å². The number of hydrogen-bond acceptors (Lipinski definition) is 4. The highest BCUT2D eigenvalue weighted by molar-refractivity contribution is 7.11. The Hall–Kier alpha value is -2.18. The first-order valence-corrected chi connectivity index (χ1v) is 11.6. The molecule has 0 aliphatic carbocycles. The molecule has 0 saturated carbocycles. The van der Waals surface area contributed by atoms with Crippen molar-refractivity contribution in [1.29, 1.82) is 0 Å². The van der Waals surface area contributed by atoms with Gasteiger partial charge in [0.15, 0.2) is 0 Å². The average Bonchev–Trinajstić information content (AvgIpc) is 3.46. The Kier molecular flexibility index (Phi) is 5.51. The first-order chi connectivity index (χ1) is 13.7. The predicted octanol–water partition coefficient (Wildman–Crippen LogP) is 5.22. The second kappa shape index (κ2) is 8.05. The maximum Gasteiger partial charge on any atom is 0.261 e. The zero-order valence-corrected chi connectivity index (χ0v) is 17.9. The molecule has 0 saturated heterocycles. The molecule has 2 aromatic heterocycles. The fourth-order valence-corrected chi connectivity index (χ4v) is 5.36. The fourth-order valence-electron chi connectivity index (χ4n) is 3.79. The third-order valence-corrected chi connectivity index (χ3v) is 6.91. The Morgan fingerprint density at radius 1 is 0.750 bits per heavy atom. The molecule has 2 aliphatic rings. The molecule has 4 rings (SSSR count). The Morgan fingerprint density at radius 2 is 1.18 bits per heavy atom. The van der Waals surface area contributed by atoms with Crippen molar-refractivity contribution >= 4 is 45.9 Å². The van der Waals surface area contributed by atoms with Gasteiger partial charge < -0.3 is 9.80 Å². The Balaban J connectivity index is 1.91. The van der Waals surface area contributed by atoms with Gasteiger partial charge in [-0.1, -0.05) is 38.8 Å². The molecule has 6 heteroatoms. The van der Waals surface area contributed by atoms with Gasteiger partial charge in [0, 0.05) is 13.1 Å². The number of fused-ring (bicyclic) bond motifs is 1. The average molecular weight is 413 g/mol. The maximum absolute atomic E-state index is 13.5. The van der Waals surface area contributed by atoms with E-state index in [1.165, 1.54) is 0 Å². The minimum atomic E-state index is -0.0254. The van der Waals surface area contributed by atoms with Crippen molar-refractivity contribution in [3.05, 3.63) is 55.9 Å². The molecular formula is C22H24N2O2S2. The van der Waals surface area contributed by atoms with E-state index in [1.807, 2.05) is 44.8 Å². The zero-order chi connectivity index (χ0) is 19.7. The summed E-state index contributed by atoms with van der Waals surface area (Å²) in [5.41, 5.74) is 2.81. The zero-order valence-electron chi connectivity index (χ0n) is 16.2. The lowest BCUT2D eigenvalue weighted by atomic mass is 10.1. The van der Waals surface area contributed by atoms with Gasteiger partial charge in [-0.3, -0.25) is 9.59 Å². The van der Waals surface area contributed by atoms with E-state index < -0.39 is 0 Å². The number of thiophene rings is 2. The monoisotopic (exact) mass is 412 g/mol. The van der Waals surface area contributed by atoms with E-state index in [0.717, 1.165) is 46.8 Å². The van der Waals surface area contributed by atoms with E-state index in [-0.39, 0.29) is 11.8 Å². The van der Waals surface area contributed by atoms with Crippen LogP contribution in [0, 0.1) is 0 Å². The minimum Gasteiger partial charge on any atom is -0.306 e. The Labute approximate surface area is 173 Å². The molecule has 0 bridgehead atoms. The topological polar surface area (TPSA) is 40.6 Å². The van der Waals surface area contributed by atoms with Gasteiger partial charge in [-0.2, -0.15) is 0 Å². The first-order valence-electron chi connectivity index (χ1n) is 9.89. The quantitative estimate of drug-likeness (QED) is 0.597. The summed E-state index contributed by atoms with van der Waals surface area (Å²) >= 11 is 3.17. The number of nitrogens with zero attached hydrogens (tertiary/aromatic N) is 2. The van der Waals surface area contributed by atoms with Crippen LogP contribution in [-0.2, 0) is 9.59 Å². The Morgan fingerprint density at radius 3 is 1.50 bits per heavy atom. The first kappa shape index (κ1) is 19.2. The second-order valence-electron chi connectivity index (χ2n) is 7.02. The predicted molar refractivity (Wildman–Crippen MR) is 116 cm³/mol. The molecule has 146 valence electrons. The summed E-state index contributed by atoms with van der Waals surface area (Å²) in [6.45, 7) is 5.53. The van der Waals surface area contributed by atoms with Crippen molar-refractivity contribution in [1.82, 2.24) is 9.80 Å². The van der Waals surface area contributed by atoms with E-state index in [4.69, 9.17) is 0 Å². The summed E-state index contributed by atoms with van der Waals surface area (Å²) < 4.78 is 0. The van der Waals surface area contributed by atoms with E-state index in [0.29, 0.717) is 24.2 Å². The Bertz CT molecular complexity index is 861. The summed E-state index contributed by atoms with van der Waals surface area (Å²) in [6.07, 6.45) is 3.85. The van der Waals surface area contributed by atoms with Gasteiger partial charge in [0.25, 0.3) is 11.8 Å². The van der Waals surface area contributed by atoms with Gasteiger partial charge in [-0.25, -0.2) is 0 Å². The van der Waals surface area contributed by atoms with Crippen molar-refractivity contribution in [2.45, 2.75) is 39.5 Å². The van der Waals surface area contributed by atoms with E-state index >= 15 is 0 Å². The van der Waals surface area contributed by atoms with Crippen LogP contribution in [0.2, 0.25) is 0 Å². The smallest absolute Gasteiger partial charge is 0.261 e. The number of unbranched alkanes of at least 4 members (excludes halogenated alkanes) is 2. The lowest BCUT2D eigenvalue weighted by Gasteiger charge is -2.24. The number of carbonyl (C=O) groups is 2. The van der Waals surface area contributed by atoms with Crippen LogP contribution < -0.4 is 0 Å². The van der Waals surface area contributed by atoms with Crippen LogP contribution in [0.15, 0.2) is 46.2 Å². The molecule has 0 unspecified atom stereocenters. The van der Waals surface area contributed by atoms with Crippen LogP contribution in [0.4, 0.5) is 0 Å². The highest BCUT2D eigenvalue weighted by atomic mass is 32.1. The molecule has 4 heterocycles. The van der Waals surface area contributed by atoms with Gasteiger partial charge in [0.05, 0.1) is 32.3 Å². The number of amides is 2. The van der Waals surface area contributed by atoms with Crippen molar-refractivity contribution in [3.63, 3.8) is 0 Å². The molecule has 0 aromatic carbocycles. The second-order valence-corrected chi connectivity index (χ2v) is 8.92. The molecule has 28 heavy (non-hydrogen) atoms. The van der Waals surface area contributed by atoms with Gasteiger partial charge in [0.1, 0.15) is 0 Å².